The van der Waals surface area contributed by atoms with E-state index in [1.54, 1.807) is 18.1 Å². The summed E-state index contributed by atoms with van der Waals surface area (Å²) in [5, 5.41) is 10.6. The van der Waals surface area contributed by atoms with E-state index in [1.807, 2.05) is 43.4 Å². The number of carbonyl (C=O) groups is 1. The van der Waals surface area contributed by atoms with E-state index in [1.165, 1.54) is 0 Å². The van der Waals surface area contributed by atoms with Gasteiger partial charge in [-0.05, 0) is 48.2 Å². The molecule has 1 aliphatic heterocycles. The number of nitrogens with two attached hydrogens (primary N) is 1. The summed E-state index contributed by atoms with van der Waals surface area (Å²) in [6.07, 6.45) is 2.01. The van der Waals surface area contributed by atoms with Gasteiger partial charge in [0, 0.05) is 29.8 Å². The molecule has 1 aliphatic carbocycles. The van der Waals surface area contributed by atoms with Crippen molar-refractivity contribution in [3.63, 3.8) is 0 Å². The molecule has 2 N–H and O–H groups in total. The largest absolute Gasteiger partial charge is 0.493 e. The Morgan fingerprint density at radius 2 is 1.94 bits per heavy atom. The molecule has 1 atom stereocenters. The highest BCUT2D eigenvalue weighted by Crippen LogP contribution is 2.45. The molecule has 2 aromatic rings. The fourth-order valence-corrected chi connectivity index (χ4v) is 4.45. The number of hydrogen-bond donors (Lipinski definition) is 1. The third-order valence-corrected chi connectivity index (χ3v) is 6.25. The van der Waals surface area contributed by atoms with Gasteiger partial charge in [0.25, 0.3) is 0 Å². The van der Waals surface area contributed by atoms with Crippen molar-refractivity contribution in [1.29, 1.82) is 5.26 Å². The van der Waals surface area contributed by atoms with Crippen LogP contribution in [-0.4, -0.2) is 24.8 Å². The topological polar surface area (TPSA) is 88.6 Å². The zero-order valence-corrected chi connectivity index (χ0v) is 18.8. The zero-order chi connectivity index (χ0) is 22.8. The highest BCUT2D eigenvalue weighted by molar-refractivity contribution is 6.30. The smallest absolute Gasteiger partial charge is 0.161 e. The lowest BCUT2D eigenvalue weighted by molar-refractivity contribution is -0.116. The fourth-order valence-electron chi connectivity index (χ4n) is 4.32. The van der Waals surface area contributed by atoms with Crippen LogP contribution in [0.5, 0.6) is 11.5 Å². The van der Waals surface area contributed by atoms with Gasteiger partial charge in [0.05, 0.1) is 24.7 Å². The van der Waals surface area contributed by atoms with E-state index in [0.717, 1.165) is 29.7 Å². The molecule has 6 nitrogen and oxygen atoms in total. The van der Waals surface area contributed by atoms with Crippen molar-refractivity contribution in [2.24, 2.45) is 5.73 Å². The molecule has 1 heterocycles. The number of methoxy groups -OCH3 is 1. The normalized spacial score (nSPS) is 18.4. The summed E-state index contributed by atoms with van der Waals surface area (Å²) in [4.78, 5) is 14.7. The Hall–Kier alpha value is -3.43. The molecule has 32 heavy (non-hydrogen) atoms. The summed E-state index contributed by atoms with van der Waals surface area (Å²) in [7, 11) is 3.37. The van der Waals surface area contributed by atoms with Crippen LogP contribution < -0.4 is 15.2 Å². The van der Waals surface area contributed by atoms with Gasteiger partial charge in [-0.2, -0.15) is 5.26 Å². The van der Waals surface area contributed by atoms with E-state index >= 15 is 0 Å². The van der Waals surface area contributed by atoms with Gasteiger partial charge >= 0.3 is 0 Å². The number of hydrogen-bond acceptors (Lipinski definition) is 6. The lowest BCUT2D eigenvalue weighted by atomic mass is 9.76. The molecular formula is C25H24ClN3O3. The van der Waals surface area contributed by atoms with Crippen molar-refractivity contribution in [3.8, 4) is 17.6 Å². The van der Waals surface area contributed by atoms with E-state index in [4.69, 9.17) is 26.8 Å². The molecule has 4 rings (SSSR count). The number of ether oxygens (including phenoxy) is 2. The highest BCUT2D eigenvalue weighted by atomic mass is 35.5. The van der Waals surface area contributed by atoms with Crippen LogP contribution in [0.2, 0.25) is 5.02 Å². The molecule has 0 aromatic heterocycles. The van der Waals surface area contributed by atoms with Crippen molar-refractivity contribution in [2.75, 3.05) is 14.2 Å². The maximum Gasteiger partial charge on any atom is 0.161 e. The van der Waals surface area contributed by atoms with E-state index in [0.29, 0.717) is 46.5 Å². The van der Waals surface area contributed by atoms with Crippen molar-refractivity contribution in [2.45, 2.75) is 31.8 Å². The van der Waals surface area contributed by atoms with Gasteiger partial charge in [-0.15, -0.1) is 0 Å². The van der Waals surface area contributed by atoms with Gasteiger partial charge in [-0.1, -0.05) is 29.8 Å². The van der Waals surface area contributed by atoms with Gasteiger partial charge in [-0.25, -0.2) is 0 Å². The quantitative estimate of drug-likeness (QED) is 0.714. The first-order chi connectivity index (χ1) is 15.4. The standard InChI is InChI=1S/C25H24ClN3O3/c1-29-19-4-3-5-20(30)24(19)23(18(13-27)25(29)28)16-8-11-21(22(12-16)31-2)32-14-15-6-9-17(26)10-7-15/h6-12,23H,3-5,14,28H2,1-2H3/t23-/m0/s1. The van der Waals surface area contributed by atoms with Gasteiger partial charge in [0.1, 0.15) is 12.4 Å². The highest BCUT2D eigenvalue weighted by Gasteiger charge is 2.38. The summed E-state index contributed by atoms with van der Waals surface area (Å²) in [5.41, 5.74) is 9.98. The maximum absolute atomic E-state index is 12.9. The van der Waals surface area contributed by atoms with Gasteiger partial charge in [0.2, 0.25) is 0 Å². The predicted molar refractivity (Wildman–Crippen MR) is 122 cm³/mol. The monoisotopic (exact) mass is 449 g/mol. The van der Waals surface area contributed by atoms with Crippen molar-refractivity contribution >= 4 is 17.4 Å². The number of halogens is 1. The minimum absolute atomic E-state index is 0.0605. The average Bonchev–Trinajstić information content (AvgIpc) is 2.81. The summed E-state index contributed by atoms with van der Waals surface area (Å²) in [6, 6.07) is 15.2. The number of rotatable bonds is 5. The first-order valence-electron chi connectivity index (χ1n) is 10.4. The summed E-state index contributed by atoms with van der Waals surface area (Å²) in [5.74, 6) is 1.02. The molecule has 0 spiro atoms. The molecule has 2 aromatic carbocycles. The van der Waals surface area contributed by atoms with E-state index in [2.05, 4.69) is 6.07 Å². The summed E-state index contributed by atoms with van der Waals surface area (Å²) < 4.78 is 11.5. The number of ketones is 1. The maximum atomic E-state index is 12.9. The van der Waals surface area contributed by atoms with Crippen molar-refractivity contribution in [3.05, 3.63) is 81.3 Å². The zero-order valence-electron chi connectivity index (χ0n) is 18.0. The summed E-state index contributed by atoms with van der Waals surface area (Å²) >= 11 is 5.94. The predicted octanol–water partition coefficient (Wildman–Crippen LogP) is 4.66. The number of nitriles is 1. The second-order valence-corrected chi connectivity index (χ2v) is 8.30. The van der Waals surface area contributed by atoms with Gasteiger partial charge in [-0.3, -0.25) is 4.79 Å². The van der Waals surface area contributed by atoms with Crippen LogP contribution in [0.3, 0.4) is 0 Å². The molecule has 0 saturated carbocycles. The van der Waals surface area contributed by atoms with E-state index in [9.17, 15) is 10.1 Å². The van der Waals surface area contributed by atoms with Crippen LogP contribution in [0.15, 0.2) is 65.1 Å². The third-order valence-electron chi connectivity index (χ3n) is 6.00. The Bertz CT molecular complexity index is 1160. The van der Waals surface area contributed by atoms with E-state index in [-0.39, 0.29) is 5.78 Å². The Morgan fingerprint density at radius 1 is 1.19 bits per heavy atom. The van der Waals surface area contributed by atoms with Crippen molar-refractivity contribution < 1.29 is 14.3 Å². The Kier molecular flexibility index (Phi) is 6.11. The lowest BCUT2D eigenvalue weighted by Crippen LogP contribution is -2.36. The second kappa shape index (κ2) is 8.97. The molecule has 0 unspecified atom stereocenters. The van der Waals surface area contributed by atoms with E-state index < -0.39 is 5.92 Å². The van der Waals surface area contributed by atoms with Crippen LogP contribution >= 0.6 is 11.6 Å². The molecule has 0 saturated heterocycles. The van der Waals surface area contributed by atoms with Crippen LogP contribution in [0.4, 0.5) is 0 Å². The number of benzene rings is 2. The molecule has 7 heteroatoms. The molecule has 0 bridgehead atoms. The first-order valence-corrected chi connectivity index (χ1v) is 10.8. The number of nitrogens with zero attached hydrogens (tertiary/aromatic N) is 2. The van der Waals surface area contributed by atoms with Crippen LogP contribution in [0.25, 0.3) is 0 Å². The SMILES string of the molecule is COc1cc([C@H]2C(C#N)=C(N)N(C)C3=C2C(=O)CCC3)ccc1OCc1ccc(Cl)cc1. The summed E-state index contributed by atoms with van der Waals surface area (Å²) in [6.45, 7) is 0.352. The molecule has 0 amide bonds. The number of carbonyl (C=O) groups excluding carboxylic acids is 1. The van der Waals surface area contributed by atoms with Gasteiger partial charge in [0.15, 0.2) is 17.3 Å². The van der Waals surface area contributed by atoms with Crippen LogP contribution in [-0.2, 0) is 11.4 Å². The third kappa shape index (κ3) is 3.92. The minimum atomic E-state index is -0.516. The fraction of sp³-hybridized carbons (Fsp3) is 0.280. The average molecular weight is 450 g/mol. The van der Waals surface area contributed by atoms with Crippen LogP contribution in [0, 0.1) is 11.3 Å². The Morgan fingerprint density at radius 3 is 2.62 bits per heavy atom. The second-order valence-electron chi connectivity index (χ2n) is 7.87. The number of Topliss-reactive ketones (excluding diaryl/α,β-unsaturated/α-hetero) is 1. The Balaban J connectivity index is 1.70. The first kappa shape index (κ1) is 21.8. The molecule has 0 radical (unpaired) electrons. The lowest BCUT2D eigenvalue weighted by Gasteiger charge is -2.37. The molecular weight excluding hydrogens is 426 g/mol. The molecule has 0 fully saturated rings. The van der Waals surface area contributed by atoms with Crippen molar-refractivity contribution in [1.82, 2.24) is 4.90 Å². The minimum Gasteiger partial charge on any atom is -0.493 e. The number of allylic oxidation sites excluding steroid dienone is 3. The molecule has 164 valence electrons. The Labute approximate surface area is 192 Å². The van der Waals surface area contributed by atoms with Crippen LogP contribution in [0.1, 0.15) is 36.3 Å². The van der Waals surface area contributed by atoms with Gasteiger partial charge < -0.3 is 20.1 Å². The molecule has 2 aliphatic rings.